The Morgan fingerprint density at radius 3 is 0.939 bits per heavy atom. The maximum atomic E-state index is 8.89. The van der Waals surface area contributed by atoms with Crippen LogP contribution in [0.5, 0.6) is 0 Å². The van der Waals surface area contributed by atoms with E-state index in [0.717, 1.165) is 114 Å². The molecule has 6 heteroatoms. The SMILES string of the molecule is CC1(C)OB(c2cc3c4c(c2)oc2cccc(c24)C3(c2ccccc2)c2ccccc2)OC1(C)C.[2H]c1c([2H])c([2H])c(-c2c3ccccc3c(-c3ccc(-c4cc5c6c(c4)oc4cccc(c46)C5(c4ccccc4)c4ccccc4)cc3)c3ccccc23)c([2H])c1[2H].[2H]c1c([2H])c([2H])c(-c2c3ccccc3c(-c3ccc(Br)cc3)c3ccccc23)c([2H])c1[2H]. The van der Waals surface area contributed by atoms with E-state index < -0.39 is 35.2 Å². The first kappa shape index (κ1) is 58.9. The zero-order valence-electron chi connectivity index (χ0n) is 72.8. The highest BCUT2D eigenvalue weighted by molar-refractivity contribution is 9.10. The van der Waals surface area contributed by atoms with Crippen molar-refractivity contribution in [1.29, 1.82) is 0 Å². The molecule has 0 unspecified atom stereocenters. The molecule has 3 aliphatic rings. The van der Waals surface area contributed by atoms with Crippen molar-refractivity contribution in [3.63, 3.8) is 0 Å². The summed E-state index contributed by atoms with van der Waals surface area (Å²) in [5.41, 5.74) is 20.5. The molecule has 23 rings (SSSR count). The largest absolute Gasteiger partial charge is 0.494 e. The minimum absolute atomic E-state index is 0.192. The Hall–Kier alpha value is -12.9. The summed E-state index contributed by atoms with van der Waals surface area (Å²) >= 11 is 3.50. The Labute approximate surface area is 685 Å². The Morgan fingerprint density at radius 1 is 0.263 bits per heavy atom. The molecule has 0 amide bonds. The molecular formula is C108H76BBrO4. The molecule has 2 aromatic heterocycles. The predicted octanol–water partition coefficient (Wildman–Crippen LogP) is 28.3. The van der Waals surface area contributed by atoms with Crippen molar-refractivity contribution in [2.24, 2.45) is 0 Å². The molecular weight excluding hydrogens is 1450 g/mol. The minimum atomic E-state index is -0.530. The van der Waals surface area contributed by atoms with Gasteiger partial charge in [0.1, 0.15) is 22.3 Å². The first-order valence-corrected chi connectivity index (χ1v) is 39.4. The molecule has 0 N–H and O–H groups in total. The summed E-state index contributed by atoms with van der Waals surface area (Å²) in [6.07, 6.45) is 0. The average molecular weight is 1540 g/mol. The van der Waals surface area contributed by atoms with Gasteiger partial charge in [-0.3, -0.25) is 0 Å². The summed E-state index contributed by atoms with van der Waals surface area (Å²) in [6.45, 7) is 8.37. The van der Waals surface area contributed by atoms with E-state index in [1.54, 1.807) is 0 Å². The third-order valence-corrected chi connectivity index (χ3v) is 24.7. The van der Waals surface area contributed by atoms with Gasteiger partial charge in [0, 0.05) is 26.0 Å². The smallest absolute Gasteiger partial charge is 0.456 e. The first-order valence-electron chi connectivity index (χ1n) is 43.6. The van der Waals surface area contributed by atoms with Crippen LogP contribution in [-0.4, -0.2) is 18.3 Å². The summed E-state index contributed by atoms with van der Waals surface area (Å²) in [6, 6.07) is 111. The van der Waals surface area contributed by atoms with Gasteiger partial charge in [-0.25, -0.2) is 0 Å². The Bertz CT molecular complexity index is 7550. The number of hydrogen-bond donors (Lipinski definition) is 0. The monoisotopic (exact) mass is 1540 g/mol. The Balaban J connectivity index is 0.000000121. The van der Waals surface area contributed by atoms with Crippen molar-refractivity contribution in [2.45, 2.75) is 49.7 Å². The van der Waals surface area contributed by atoms with Gasteiger partial charge in [0.05, 0.1) is 35.7 Å². The molecule has 2 aliphatic carbocycles. The minimum Gasteiger partial charge on any atom is -0.456 e. The molecule has 0 bridgehead atoms. The van der Waals surface area contributed by atoms with Crippen LogP contribution in [-0.2, 0) is 20.1 Å². The van der Waals surface area contributed by atoms with E-state index in [-0.39, 0.29) is 65.5 Å². The van der Waals surface area contributed by atoms with E-state index in [1.165, 1.54) is 60.7 Å². The summed E-state index contributed by atoms with van der Waals surface area (Å²) < 4.78 is 111. The lowest BCUT2D eigenvalue weighted by molar-refractivity contribution is 0.00578. The lowest BCUT2D eigenvalue weighted by atomic mass is 9.66. The molecule has 18 aromatic carbocycles. The maximum absolute atomic E-state index is 8.89. The van der Waals surface area contributed by atoms with Crippen molar-refractivity contribution >= 4 is 115 Å². The van der Waals surface area contributed by atoms with Gasteiger partial charge in [-0.1, -0.05) is 361 Å². The lowest BCUT2D eigenvalue weighted by Crippen LogP contribution is -2.41. The van der Waals surface area contributed by atoms with Crippen LogP contribution in [0.3, 0.4) is 0 Å². The second-order valence-electron chi connectivity index (χ2n) is 30.7. The van der Waals surface area contributed by atoms with Gasteiger partial charge in [-0.2, -0.15) is 0 Å². The summed E-state index contributed by atoms with van der Waals surface area (Å²) in [5.74, 6) is 0. The van der Waals surface area contributed by atoms with Crippen molar-refractivity contribution in [3.8, 4) is 55.6 Å². The summed E-state index contributed by atoms with van der Waals surface area (Å²) in [4.78, 5) is 0. The lowest BCUT2D eigenvalue weighted by Gasteiger charge is -2.34. The molecule has 0 atom stereocenters. The highest BCUT2D eigenvalue weighted by Crippen LogP contribution is 2.60. The molecule has 114 heavy (non-hydrogen) atoms. The van der Waals surface area contributed by atoms with Crippen LogP contribution in [0, 0.1) is 0 Å². The molecule has 1 saturated heterocycles. The topological polar surface area (TPSA) is 44.7 Å². The quantitative estimate of drug-likeness (QED) is 0.101. The second-order valence-corrected chi connectivity index (χ2v) is 31.6. The van der Waals surface area contributed by atoms with E-state index in [2.05, 4.69) is 274 Å². The van der Waals surface area contributed by atoms with Gasteiger partial charge in [0.15, 0.2) is 0 Å². The molecule has 20 aromatic rings. The van der Waals surface area contributed by atoms with Crippen molar-refractivity contribution in [2.75, 3.05) is 0 Å². The maximum Gasteiger partial charge on any atom is 0.494 e. The highest BCUT2D eigenvalue weighted by atomic mass is 79.9. The van der Waals surface area contributed by atoms with Crippen LogP contribution in [0.25, 0.3) is 143 Å². The molecule has 1 fully saturated rings. The average Bonchev–Trinajstić information content (AvgIpc) is 1.51. The zero-order valence-corrected chi connectivity index (χ0v) is 64.4. The standard InChI is InChI=1S/C51H32O.C31H27BO3.C26H17Br/c1-4-15-34(16-5-1)47-39-21-10-12-23-41(39)48(42-24-13-11-22-40(42)47)35-29-27-33(28-30-35)36-31-44-50-46(32-36)52-45-26-14-25-43(49(45)50)51(44,37-17-6-2-7-18-37)38-19-8-3-9-20-38;1-29(2)30(3,4)35-32(34-29)22-18-24-28-26(19-22)33-25-17-11-16-23(27(25)28)31(24,20-12-7-5-8-13-20)21-14-9-6-10-15-21;27-20-16-14-19(15-17-20)26-23-12-6-4-10-21(23)25(18-8-2-1-3-9-18)22-11-5-7-13-24(22)26/h1-32H;5-19H,1-4H3;1-17H/i1D,4D,5D,15D,16D;;1D,2D,3D,8D,9D. The van der Waals surface area contributed by atoms with E-state index in [0.29, 0.717) is 11.1 Å². The number of furan rings is 2. The first-order chi connectivity index (χ1) is 60.1. The van der Waals surface area contributed by atoms with Gasteiger partial charge in [0.2, 0.25) is 0 Å². The molecule has 1 aliphatic heterocycles. The molecule has 3 heterocycles. The van der Waals surface area contributed by atoms with E-state index >= 15 is 0 Å². The fourth-order valence-corrected chi connectivity index (χ4v) is 18.9. The van der Waals surface area contributed by atoms with Crippen molar-refractivity contribution in [3.05, 3.63) is 437 Å². The van der Waals surface area contributed by atoms with Gasteiger partial charge in [0.25, 0.3) is 0 Å². The fourth-order valence-electron chi connectivity index (χ4n) is 18.6. The second kappa shape index (κ2) is 27.2. The van der Waals surface area contributed by atoms with Crippen LogP contribution in [0.1, 0.15) is 85.9 Å². The third kappa shape index (κ3) is 10.7. The molecule has 542 valence electrons. The van der Waals surface area contributed by atoms with Gasteiger partial charge in [-0.05, 0) is 219 Å². The van der Waals surface area contributed by atoms with E-state index in [4.69, 9.17) is 31.9 Å². The van der Waals surface area contributed by atoms with Gasteiger partial charge >= 0.3 is 7.12 Å². The van der Waals surface area contributed by atoms with Crippen molar-refractivity contribution in [1.82, 2.24) is 0 Å². The van der Waals surface area contributed by atoms with Crippen molar-refractivity contribution < 1.29 is 31.9 Å². The van der Waals surface area contributed by atoms with Gasteiger partial charge < -0.3 is 18.1 Å². The number of hydrogen-bond acceptors (Lipinski definition) is 4. The normalized spacial score (nSPS) is 15.8. The van der Waals surface area contributed by atoms with E-state index in [1.807, 2.05) is 97.1 Å². The molecule has 4 nitrogen and oxygen atoms in total. The van der Waals surface area contributed by atoms with Crippen LogP contribution in [0.4, 0.5) is 0 Å². The number of rotatable bonds is 10. The number of fused-ring (bicyclic) bond motifs is 4. The van der Waals surface area contributed by atoms with E-state index in [9.17, 15) is 0 Å². The third-order valence-electron chi connectivity index (χ3n) is 24.2. The number of halogens is 1. The molecule has 0 saturated carbocycles. The summed E-state index contributed by atoms with van der Waals surface area (Å²) in [7, 11) is -0.464. The molecule has 0 radical (unpaired) electrons. The fraction of sp³-hybridized carbons (Fsp3) is 0.0741. The highest BCUT2D eigenvalue weighted by Gasteiger charge is 2.54. The molecule has 0 spiro atoms. The Kier molecular flexibility index (Phi) is 14.0. The van der Waals surface area contributed by atoms with Crippen LogP contribution in [0.15, 0.2) is 401 Å². The van der Waals surface area contributed by atoms with Crippen LogP contribution >= 0.6 is 15.9 Å². The van der Waals surface area contributed by atoms with Gasteiger partial charge in [-0.15, -0.1) is 0 Å². The predicted molar refractivity (Wildman–Crippen MR) is 478 cm³/mol. The van der Waals surface area contributed by atoms with Crippen LogP contribution in [0.2, 0.25) is 0 Å². The summed E-state index contributed by atoms with van der Waals surface area (Å²) in [5, 5.41) is 11.9. The Morgan fingerprint density at radius 2 is 0.570 bits per heavy atom. The zero-order chi connectivity index (χ0) is 85.1. The number of benzene rings is 18. The van der Waals surface area contributed by atoms with Crippen LogP contribution < -0.4 is 5.46 Å².